The van der Waals surface area contributed by atoms with Crippen LogP contribution in [0.1, 0.15) is 20.3 Å². The highest BCUT2D eigenvalue weighted by Crippen LogP contribution is 2.36. The van der Waals surface area contributed by atoms with Gasteiger partial charge in [0.1, 0.15) is 6.29 Å². The molecule has 1 aliphatic carbocycles. The lowest BCUT2D eigenvalue weighted by Crippen LogP contribution is -2.36. The molecule has 1 fully saturated rings. The van der Waals surface area contributed by atoms with Crippen LogP contribution in [0.3, 0.4) is 0 Å². The zero-order valence-electron chi connectivity index (χ0n) is 6.82. The monoisotopic (exact) mass is 170 g/mol. The lowest BCUT2D eigenvalue weighted by molar-refractivity contribution is -0.118. The molecule has 1 rings (SSSR count). The molecule has 0 radical (unpaired) electrons. The third-order valence-corrected chi connectivity index (χ3v) is 2.48. The highest BCUT2D eigenvalue weighted by Gasteiger charge is 2.35. The largest absolute Gasteiger partial charge is 0.377 e. The van der Waals surface area contributed by atoms with Crippen molar-refractivity contribution in [3.8, 4) is 0 Å². The molecule has 0 N–H and O–H groups in total. The molecule has 1 aliphatic rings. The molecule has 0 aromatic rings. The fourth-order valence-electron chi connectivity index (χ4n) is 1.57. The number of carbonyl (C=O) groups excluding carboxylic acids is 1. The van der Waals surface area contributed by atoms with Gasteiger partial charge in [-0.2, -0.15) is 0 Å². The van der Waals surface area contributed by atoms with Crippen molar-refractivity contribution in [2.75, 3.05) is 7.11 Å². The minimum Gasteiger partial charge on any atom is -0.377 e. The molecule has 0 aromatic carbocycles. The van der Waals surface area contributed by atoms with E-state index in [1.54, 1.807) is 13.2 Å². The van der Waals surface area contributed by atoms with E-state index >= 15 is 0 Å². The highest BCUT2D eigenvalue weighted by molar-refractivity contribution is 5.55. The normalized spacial score (nSPS) is 29.4. The second kappa shape index (κ2) is 5.09. The van der Waals surface area contributed by atoms with E-state index in [1.807, 2.05) is 0 Å². The average molecular weight is 170 g/mol. The Kier molecular flexibility index (Phi) is 4.83. The second-order valence-corrected chi connectivity index (χ2v) is 2.98. The number of hydrogen-bond donors (Lipinski definition) is 0. The van der Waals surface area contributed by atoms with Crippen LogP contribution in [0.15, 0.2) is 12.7 Å². The zero-order valence-corrected chi connectivity index (χ0v) is 6.82. The van der Waals surface area contributed by atoms with Crippen LogP contribution in [0.5, 0.6) is 0 Å². The van der Waals surface area contributed by atoms with Gasteiger partial charge in [-0.25, -0.2) is 0 Å². The molecule has 0 heterocycles. The van der Waals surface area contributed by atoms with Crippen molar-refractivity contribution in [2.45, 2.75) is 26.4 Å². The van der Waals surface area contributed by atoms with Crippen molar-refractivity contribution in [2.24, 2.45) is 11.8 Å². The highest BCUT2D eigenvalue weighted by atomic mass is 16.5. The third-order valence-electron chi connectivity index (χ3n) is 2.48. The van der Waals surface area contributed by atoms with Crippen molar-refractivity contribution in [3.63, 3.8) is 0 Å². The summed E-state index contributed by atoms with van der Waals surface area (Å²) in [6, 6.07) is 0. The Bertz CT molecular complexity index is 154. The fraction of sp³-hybridized carbons (Fsp3) is 0.700. The zero-order chi connectivity index (χ0) is 8.27. The van der Waals surface area contributed by atoms with Gasteiger partial charge in [0.05, 0.1) is 6.10 Å². The summed E-state index contributed by atoms with van der Waals surface area (Å²) in [5, 5.41) is 0. The molecule has 0 amide bonds. The van der Waals surface area contributed by atoms with Gasteiger partial charge in [-0.3, -0.25) is 0 Å². The minimum atomic E-state index is 0. The van der Waals surface area contributed by atoms with Crippen molar-refractivity contribution in [3.05, 3.63) is 12.7 Å². The molecular formula is C10H18O2. The van der Waals surface area contributed by atoms with E-state index in [4.69, 9.17) is 4.74 Å². The summed E-state index contributed by atoms with van der Waals surface area (Å²) in [5.41, 5.74) is 0. The van der Waals surface area contributed by atoms with Crippen molar-refractivity contribution < 1.29 is 9.53 Å². The summed E-state index contributed by atoms with van der Waals surface area (Å²) in [6.07, 6.45) is 4.98. The van der Waals surface area contributed by atoms with E-state index < -0.39 is 0 Å². The topological polar surface area (TPSA) is 26.3 Å². The van der Waals surface area contributed by atoms with Gasteiger partial charge in [-0.1, -0.05) is 13.5 Å². The quantitative estimate of drug-likeness (QED) is 0.477. The van der Waals surface area contributed by atoms with Gasteiger partial charge in [-0.15, -0.1) is 6.58 Å². The number of aldehydes is 1. The Morgan fingerprint density at radius 2 is 2.25 bits per heavy atom. The van der Waals surface area contributed by atoms with E-state index in [-0.39, 0.29) is 19.4 Å². The first-order valence-electron chi connectivity index (χ1n) is 3.94. The first-order chi connectivity index (χ1) is 5.33. The van der Waals surface area contributed by atoms with Crippen LogP contribution in [-0.2, 0) is 9.53 Å². The Morgan fingerprint density at radius 3 is 2.50 bits per heavy atom. The van der Waals surface area contributed by atoms with E-state index in [0.29, 0.717) is 5.92 Å². The predicted molar refractivity (Wildman–Crippen MR) is 50.0 cm³/mol. The molecule has 0 bridgehead atoms. The van der Waals surface area contributed by atoms with Gasteiger partial charge >= 0.3 is 0 Å². The summed E-state index contributed by atoms with van der Waals surface area (Å²) < 4.78 is 5.16. The molecule has 2 nitrogen and oxygen atoms in total. The molecule has 0 saturated heterocycles. The molecule has 0 aromatic heterocycles. The van der Waals surface area contributed by atoms with Gasteiger partial charge < -0.3 is 9.53 Å². The number of hydrogen-bond acceptors (Lipinski definition) is 2. The van der Waals surface area contributed by atoms with Crippen molar-refractivity contribution in [1.82, 2.24) is 0 Å². The minimum absolute atomic E-state index is 0. The fourth-order valence-corrected chi connectivity index (χ4v) is 1.57. The van der Waals surface area contributed by atoms with E-state index in [9.17, 15) is 4.79 Å². The predicted octanol–water partition coefficient (Wildman–Crippen LogP) is 2.05. The van der Waals surface area contributed by atoms with Crippen molar-refractivity contribution >= 4 is 6.29 Å². The Labute approximate surface area is 74.6 Å². The molecule has 0 aliphatic heterocycles. The summed E-state index contributed by atoms with van der Waals surface area (Å²) in [5.74, 6) is 0.591. The number of methoxy groups -OCH3 is 1. The van der Waals surface area contributed by atoms with Crippen LogP contribution in [0.25, 0.3) is 0 Å². The summed E-state index contributed by atoms with van der Waals surface area (Å²) >= 11 is 0. The summed E-state index contributed by atoms with van der Waals surface area (Å²) in [7, 11) is 1.66. The Hall–Kier alpha value is -0.630. The first-order valence-corrected chi connectivity index (χ1v) is 3.94. The molecule has 70 valence electrons. The third kappa shape index (κ3) is 1.95. The lowest BCUT2D eigenvalue weighted by Gasteiger charge is -2.36. The van der Waals surface area contributed by atoms with Gasteiger partial charge in [0.2, 0.25) is 0 Å². The lowest BCUT2D eigenvalue weighted by atomic mass is 9.71. The molecule has 1 saturated carbocycles. The van der Waals surface area contributed by atoms with Crippen LogP contribution in [0, 0.1) is 11.8 Å². The molecule has 2 heteroatoms. The van der Waals surface area contributed by atoms with E-state index in [1.165, 1.54) is 0 Å². The Morgan fingerprint density at radius 1 is 1.58 bits per heavy atom. The average Bonchev–Trinajstić information content (AvgIpc) is 1.98. The standard InChI is InChI=1S/C9H14O2.CH4/c1-3-9(11-2)8-5-4-7(8)6-10;/h3,6-9H,1,4-5H2,2H3;1H4/t7-,8+,9-;/m0./s1. The van der Waals surface area contributed by atoms with Gasteiger partial charge in [0.15, 0.2) is 0 Å². The van der Waals surface area contributed by atoms with Gasteiger partial charge in [0, 0.05) is 13.0 Å². The first kappa shape index (κ1) is 11.4. The molecular weight excluding hydrogens is 152 g/mol. The maximum Gasteiger partial charge on any atom is 0.123 e. The van der Waals surface area contributed by atoms with Gasteiger partial charge in [-0.05, 0) is 18.8 Å². The van der Waals surface area contributed by atoms with Gasteiger partial charge in [0.25, 0.3) is 0 Å². The second-order valence-electron chi connectivity index (χ2n) is 2.98. The summed E-state index contributed by atoms with van der Waals surface area (Å²) in [4.78, 5) is 10.4. The van der Waals surface area contributed by atoms with Crippen LogP contribution >= 0.6 is 0 Å². The Balaban J connectivity index is 0.00000121. The molecule has 0 spiro atoms. The molecule has 3 atom stereocenters. The maximum atomic E-state index is 10.4. The maximum absolute atomic E-state index is 10.4. The van der Waals surface area contributed by atoms with E-state index in [0.717, 1.165) is 19.1 Å². The van der Waals surface area contributed by atoms with Crippen LogP contribution in [-0.4, -0.2) is 19.5 Å². The van der Waals surface area contributed by atoms with Crippen LogP contribution in [0.2, 0.25) is 0 Å². The smallest absolute Gasteiger partial charge is 0.123 e. The number of ether oxygens (including phenoxy) is 1. The van der Waals surface area contributed by atoms with Crippen LogP contribution < -0.4 is 0 Å². The SMILES string of the molecule is C.C=C[C@H](OC)[C@@H]1CC[C@H]1C=O. The number of carbonyl (C=O) groups is 1. The molecule has 12 heavy (non-hydrogen) atoms. The van der Waals surface area contributed by atoms with Crippen molar-refractivity contribution in [1.29, 1.82) is 0 Å². The molecule has 0 unspecified atom stereocenters. The number of rotatable bonds is 4. The van der Waals surface area contributed by atoms with Crippen LogP contribution in [0.4, 0.5) is 0 Å². The summed E-state index contributed by atoms with van der Waals surface area (Å²) in [6.45, 7) is 3.66. The van der Waals surface area contributed by atoms with E-state index in [2.05, 4.69) is 6.58 Å².